The molecule has 90 valence electrons. The smallest absolute Gasteiger partial charge is 0.176 e. The van der Waals surface area contributed by atoms with Crippen LogP contribution in [0.3, 0.4) is 0 Å². The van der Waals surface area contributed by atoms with E-state index in [0.29, 0.717) is 5.78 Å². The number of hydrogen-bond acceptors (Lipinski definition) is 2. The summed E-state index contributed by atoms with van der Waals surface area (Å²) in [6.45, 7) is 8.43. The zero-order valence-corrected chi connectivity index (χ0v) is 11.6. The second kappa shape index (κ2) is 6.19. The predicted molar refractivity (Wildman–Crippen MR) is 71.4 cm³/mol. The molecular formula is C14H22OS. The highest BCUT2D eigenvalue weighted by Crippen LogP contribution is 2.27. The summed E-state index contributed by atoms with van der Waals surface area (Å²) in [5.74, 6) is 0.617. The molecule has 16 heavy (non-hydrogen) atoms. The Morgan fingerprint density at radius 1 is 1.25 bits per heavy atom. The van der Waals surface area contributed by atoms with Gasteiger partial charge in [0.25, 0.3) is 0 Å². The van der Waals surface area contributed by atoms with Crippen LogP contribution in [0, 0.1) is 19.8 Å². The number of thiophene rings is 1. The van der Waals surface area contributed by atoms with Crippen molar-refractivity contribution in [2.45, 2.75) is 53.4 Å². The van der Waals surface area contributed by atoms with E-state index in [-0.39, 0.29) is 5.92 Å². The van der Waals surface area contributed by atoms with Crippen LogP contribution < -0.4 is 0 Å². The van der Waals surface area contributed by atoms with E-state index in [9.17, 15) is 4.79 Å². The maximum absolute atomic E-state index is 12.4. The van der Waals surface area contributed by atoms with Gasteiger partial charge >= 0.3 is 0 Å². The Balaban J connectivity index is 2.85. The first-order valence-corrected chi connectivity index (χ1v) is 7.03. The van der Waals surface area contributed by atoms with Crippen LogP contribution in [-0.2, 0) is 0 Å². The maximum Gasteiger partial charge on any atom is 0.176 e. The van der Waals surface area contributed by atoms with Crippen molar-refractivity contribution in [1.29, 1.82) is 0 Å². The zero-order chi connectivity index (χ0) is 12.1. The minimum Gasteiger partial charge on any atom is -0.293 e. The molecule has 0 aromatic carbocycles. The van der Waals surface area contributed by atoms with Gasteiger partial charge in [-0.25, -0.2) is 0 Å². The fourth-order valence-electron chi connectivity index (χ4n) is 2.17. The van der Waals surface area contributed by atoms with Crippen LogP contribution in [0.2, 0.25) is 0 Å². The second-order valence-electron chi connectivity index (χ2n) is 4.51. The Kier molecular flexibility index (Phi) is 5.20. The van der Waals surface area contributed by atoms with E-state index >= 15 is 0 Å². The first-order chi connectivity index (χ1) is 7.60. The largest absolute Gasteiger partial charge is 0.293 e. The van der Waals surface area contributed by atoms with Crippen molar-refractivity contribution < 1.29 is 4.79 Å². The summed E-state index contributed by atoms with van der Waals surface area (Å²) in [4.78, 5) is 14.6. The fourth-order valence-corrected chi connectivity index (χ4v) is 3.22. The van der Waals surface area contributed by atoms with Crippen molar-refractivity contribution in [3.8, 4) is 0 Å². The molecule has 1 nitrogen and oxygen atoms in total. The average Bonchev–Trinajstić information content (AvgIpc) is 2.56. The third-order valence-corrected chi connectivity index (χ3v) is 4.08. The molecule has 0 aliphatic carbocycles. The predicted octanol–water partition coefficient (Wildman–Crippen LogP) is 4.76. The van der Waals surface area contributed by atoms with E-state index < -0.39 is 0 Å². The van der Waals surface area contributed by atoms with Gasteiger partial charge in [-0.1, -0.05) is 26.7 Å². The Bertz CT molecular complexity index is 346. The summed E-state index contributed by atoms with van der Waals surface area (Å²) in [5.41, 5.74) is 1.16. The van der Waals surface area contributed by atoms with Gasteiger partial charge in [-0.15, -0.1) is 11.3 Å². The number of ketones is 1. The van der Waals surface area contributed by atoms with Crippen molar-refractivity contribution in [2.24, 2.45) is 5.92 Å². The second-order valence-corrected chi connectivity index (χ2v) is 5.76. The zero-order valence-electron chi connectivity index (χ0n) is 10.8. The van der Waals surface area contributed by atoms with Crippen molar-refractivity contribution in [2.75, 3.05) is 0 Å². The molecular weight excluding hydrogens is 216 g/mol. The van der Waals surface area contributed by atoms with Crippen molar-refractivity contribution in [1.82, 2.24) is 0 Å². The Morgan fingerprint density at radius 2 is 1.81 bits per heavy atom. The standard InChI is InChI=1S/C14H22OS/c1-5-7-12(8-6-2)13(15)14-10(3)9-11(4)16-14/h9,12H,5-8H2,1-4H3. The molecule has 0 saturated carbocycles. The molecule has 1 aromatic rings. The molecule has 0 bridgehead atoms. The Labute approximate surface area is 103 Å². The van der Waals surface area contributed by atoms with Crippen LogP contribution in [0.1, 0.15) is 59.6 Å². The van der Waals surface area contributed by atoms with Gasteiger partial charge < -0.3 is 0 Å². The van der Waals surface area contributed by atoms with Crippen LogP contribution in [0.25, 0.3) is 0 Å². The van der Waals surface area contributed by atoms with E-state index in [1.54, 1.807) is 11.3 Å². The average molecular weight is 238 g/mol. The summed E-state index contributed by atoms with van der Waals surface area (Å²) in [5, 5.41) is 0. The van der Waals surface area contributed by atoms with Gasteiger partial charge in [0.2, 0.25) is 0 Å². The lowest BCUT2D eigenvalue weighted by Gasteiger charge is -2.13. The normalized spacial score (nSPS) is 11.1. The summed E-state index contributed by atoms with van der Waals surface area (Å²) in [6, 6.07) is 2.12. The lowest BCUT2D eigenvalue weighted by Crippen LogP contribution is -2.14. The van der Waals surface area contributed by atoms with E-state index in [4.69, 9.17) is 0 Å². The highest BCUT2D eigenvalue weighted by atomic mass is 32.1. The monoisotopic (exact) mass is 238 g/mol. The minimum atomic E-state index is 0.242. The fraction of sp³-hybridized carbons (Fsp3) is 0.643. The highest BCUT2D eigenvalue weighted by Gasteiger charge is 2.21. The van der Waals surface area contributed by atoms with Crippen molar-refractivity contribution in [3.05, 3.63) is 21.4 Å². The van der Waals surface area contributed by atoms with Gasteiger partial charge in [0.1, 0.15) is 0 Å². The van der Waals surface area contributed by atoms with E-state index in [1.165, 1.54) is 4.88 Å². The Hall–Kier alpha value is -0.630. The minimum absolute atomic E-state index is 0.242. The summed E-state index contributed by atoms with van der Waals surface area (Å²) in [7, 11) is 0. The number of Topliss-reactive ketones (excluding diaryl/α,β-unsaturated/α-hetero) is 1. The quantitative estimate of drug-likeness (QED) is 0.653. The molecule has 0 unspecified atom stereocenters. The van der Waals surface area contributed by atoms with Gasteiger partial charge in [-0.3, -0.25) is 4.79 Å². The van der Waals surface area contributed by atoms with Crippen LogP contribution in [0.15, 0.2) is 6.07 Å². The molecule has 0 spiro atoms. The lowest BCUT2D eigenvalue weighted by molar-refractivity contribution is 0.0908. The molecule has 0 aliphatic heterocycles. The molecule has 1 heterocycles. The molecule has 0 atom stereocenters. The third-order valence-electron chi connectivity index (χ3n) is 2.91. The summed E-state index contributed by atoms with van der Waals surface area (Å²) >= 11 is 1.65. The molecule has 0 fully saturated rings. The molecule has 0 aliphatic rings. The molecule has 0 amide bonds. The Morgan fingerprint density at radius 3 is 2.19 bits per heavy atom. The van der Waals surface area contributed by atoms with E-state index in [0.717, 1.165) is 36.1 Å². The molecule has 0 N–H and O–H groups in total. The molecule has 1 aromatic heterocycles. The van der Waals surface area contributed by atoms with Crippen molar-refractivity contribution >= 4 is 17.1 Å². The first kappa shape index (κ1) is 13.4. The highest BCUT2D eigenvalue weighted by molar-refractivity contribution is 7.14. The molecule has 0 saturated heterocycles. The number of carbonyl (C=O) groups is 1. The van der Waals surface area contributed by atoms with E-state index in [1.807, 2.05) is 6.92 Å². The lowest BCUT2D eigenvalue weighted by atomic mass is 9.92. The van der Waals surface area contributed by atoms with Gasteiger partial charge in [0.05, 0.1) is 4.88 Å². The number of hydrogen-bond donors (Lipinski definition) is 0. The molecule has 0 radical (unpaired) electrons. The number of aryl methyl sites for hydroxylation is 2. The molecule has 1 rings (SSSR count). The summed E-state index contributed by atoms with van der Waals surface area (Å²) in [6.07, 6.45) is 4.26. The van der Waals surface area contributed by atoms with Gasteiger partial charge in [-0.2, -0.15) is 0 Å². The van der Waals surface area contributed by atoms with Gasteiger partial charge in [-0.05, 0) is 38.3 Å². The number of carbonyl (C=O) groups excluding carboxylic acids is 1. The topological polar surface area (TPSA) is 17.1 Å². The van der Waals surface area contributed by atoms with Crippen molar-refractivity contribution in [3.63, 3.8) is 0 Å². The van der Waals surface area contributed by atoms with E-state index in [2.05, 4.69) is 26.8 Å². The maximum atomic E-state index is 12.4. The summed E-state index contributed by atoms with van der Waals surface area (Å²) < 4.78 is 0. The molecule has 2 heteroatoms. The van der Waals surface area contributed by atoms with Gasteiger partial charge in [0.15, 0.2) is 5.78 Å². The number of rotatable bonds is 6. The van der Waals surface area contributed by atoms with Gasteiger partial charge in [0, 0.05) is 10.8 Å². The van der Waals surface area contributed by atoms with Crippen LogP contribution in [-0.4, -0.2) is 5.78 Å². The SMILES string of the molecule is CCCC(CCC)C(=O)c1sc(C)cc1C. The van der Waals surface area contributed by atoms with Crippen LogP contribution in [0.4, 0.5) is 0 Å². The van der Waals surface area contributed by atoms with Crippen LogP contribution >= 0.6 is 11.3 Å². The van der Waals surface area contributed by atoms with Crippen LogP contribution in [0.5, 0.6) is 0 Å². The first-order valence-electron chi connectivity index (χ1n) is 6.21. The third kappa shape index (κ3) is 3.18.